The van der Waals surface area contributed by atoms with E-state index in [1.54, 1.807) is 0 Å². The normalized spacial score (nSPS) is 15.8. The van der Waals surface area contributed by atoms with Crippen LogP contribution < -0.4 is 5.32 Å². The maximum Gasteiger partial charge on any atom is 0.255 e. The quantitative estimate of drug-likeness (QED) is 0.699. The van der Waals surface area contributed by atoms with Crippen LogP contribution in [0.4, 0.5) is 5.69 Å². The third-order valence-electron chi connectivity index (χ3n) is 5.02. The molecular formula is C21H26IN3O. The minimum atomic E-state index is -0.0566. The van der Waals surface area contributed by atoms with Crippen molar-refractivity contribution >= 4 is 34.2 Å². The molecule has 1 heterocycles. The molecule has 1 saturated heterocycles. The highest BCUT2D eigenvalue weighted by atomic mass is 127. The molecule has 0 spiro atoms. The Balaban J connectivity index is 1.66. The van der Waals surface area contributed by atoms with Crippen LogP contribution in [0.15, 0.2) is 36.4 Å². The van der Waals surface area contributed by atoms with Crippen LogP contribution in [0.2, 0.25) is 0 Å². The molecule has 2 aromatic carbocycles. The van der Waals surface area contributed by atoms with E-state index < -0.39 is 0 Å². The maximum atomic E-state index is 12.6. The fourth-order valence-corrected chi connectivity index (χ4v) is 3.65. The maximum absolute atomic E-state index is 12.6. The summed E-state index contributed by atoms with van der Waals surface area (Å²) >= 11 is 2.29. The lowest BCUT2D eigenvalue weighted by Crippen LogP contribution is -2.43. The van der Waals surface area contributed by atoms with Crippen molar-refractivity contribution in [3.8, 4) is 0 Å². The van der Waals surface area contributed by atoms with E-state index >= 15 is 0 Å². The second-order valence-corrected chi connectivity index (χ2v) is 8.30. The Labute approximate surface area is 169 Å². The van der Waals surface area contributed by atoms with Crippen molar-refractivity contribution in [2.45, 2.75) is 20.4 Å². The molecule has 1 N–H and O–H groups in total. The number of halogens is 1. The van der Waals surface area contributed by atoms with Crippen molar-refractivity contribution in [3.05, 3.63) is 62.2 Å². The van der Waals surface area contributed by atoms with Gasteiger partial charge in [-0.15, -0.1) is 0 Å². The number of benzene rings is 2. The van der Waals surface area contributed by atoms with Crippen LogP contribution in [0.1, 0.15) is 27.0 Å². The predicted octanol–water partition coefficient (Wildman–Crippen LogP) is 3.91. The summed E-state index contributed by atoms with van der Waals surface area (Å²) in [7, 11) is 2.17. The average molecular weight is 463 g/mol. The van der Waals surface area contributed by atoms with Gasteiger partial charge in [0, 0.05) is 47.5 Å². The number of likely N-dealkylation sites (N-methyl/N-ethyl adjacent to an activating group) is 1. The van der Waals surface area contributed by atoms with E-state index in [2.05, 4.69) is 64.7 Å². The van der Waals surface area contributed by atoms with Gasteiger partial charge in [0.1, 0.15) is 0 Å². The molecule has 0 aromatic heterocycles. The standard InChI is InChI=1S/C21H26IN3O/c1-15-4-7-19(13-20(15)22)23-21(26)17-5-6-18(16(2)12-17)14-25-10-8-24(3)9-11-25/h4-7,12-13H,8-11,14H2,1-3H3,(H,23,26). The average Bonchev–Trinajstić information content (AvgIpc) is 2.61. The topological polar surface area (TPSA) is 35.6 Å². The molecule has 1 amide bonds. The molecule has 2 aromatic rings. The molecule has 1 fully saturated rings. The highest BCUT2D eigenvalue weighted by Gasteiger charge is 2.15. The molecule has 138 valence electrons. The lowest BCUT2D eigenvalue weighted by Gasteiger charge is -2.32. The summed E-state index contributed by atoms with van der Waals surface area (Å²) in [5.41, 5.74) is 5.24. The second-order valence-electron chi connectivity index (χ2n) is 7.14. The number of nitrogens with zero attached hydrogens (tertiary/aromatic N) is 2. The van der Waals surface area contributed by atoms with Gasteiger partial charge in [-0.25, -0.2) is 0 Å². The lowest BCUT2D eigenvalue weighted by atomic mass is 10.0. The molecule has 5 heteroatoms. The molecule has 3 rings (SSSR count). The SMILES string of the molecule is Cc1ccc(NC(=O)c2ccc(CN3CCN(C)CC3)c(C)c2)cc1I. The van der Waals surface area contributed by atoms with Gasteiger partial charge in [-0.3, -0.25) is 9.69 Å². The minimum absolute atomic E-state index is 0.0566. The van der Waals surface area contributed by atoms with E-state index in [4.69, 9.17) is 0 Å². The van der Waals surface area contributed by atoms with Crippen LogP contribution in [0, 0.1) is 17.4 Å². The van der Waals surface area contributed by atoms with Gasteiger partial charge in [-0.2, -0.15) is 0 Å². The third kappa shape index (κ3) is 4.84. The fourth-order valence-electron chi connectivity index (χ4n) is 3.14. The van der Waals surface area contributed by atoms with Gasteiger partial charge in [0.25, 0.3) is 5.91 Å². The Hall–Kier alpha value is -1.44. The summed E-state index contributed by atoms with van der Waals surface area (Å²) in [6.45, 7) is 9.56. The molecule has 26 heavy (non-hydrogen) atoms. The molecule has 0 saturated carbocycles. The van der Waals surface area contributed by atoms with Crippen LogP contribution >= 0.6 is 22.6 Å². The third-order valence-corrected chi connectivity index (χ3v) is 6.19. The first-order chi connectivity index (χ1) is 12.4. The summed E-state index contributed by atoms with van der Waals surface area (Å²) < 4.78 is 1.15. The van der Waals surface area contributed by atoms with Crippen molar-refractivity contribution in [2.24, 2.45) is 0 Å². The molecule has 0 unspecified atom stereocenters. The number of piperazine rings is 1. The zero-order chi connectivity index (χ0) is 18.7. The number of rotatable bonds is 4. The number of amides is 1. The number of anilines is 1. The monoisotopic (exact) mass is 463 g/mol. The Morgan fingerprint density at radius 1 is 1.04 bits per heavy atom. The van der Waals surface area contributed by atoms with Gasteiger partial charge >= 0.3 is 0 Å². The van der Waals surface area contributed by atoms with Crippen molar-refractivity contribution in [1.29, 1.82) is 0 Å². The molecular weight excluding hydrogens is 437 g/mol. The zero-order valence-electron chi connectivity index (χ0n) is 15.7. The minimum Gasteiger partial charge on any atom is -0.322 e. The van der Waals surface area contributed by atoms with Gasteiger partial charge in [0.2, 0.25) is 0 Å². The van der Waals surface area contributed by atoms with E-state index in [1.807, 2.05) is 30.3 Å². The summed E-state index contributed by atoms with van der Waals surface area (Å²) in [5.74, 6) is -0.0566. The zero-order valence-corrected chi connectivity index (χ0v) is 17.8. The van der Waals surface area contributed by atoms with Crippen LogP contribution in [-0.4, -0.2) is 48.9 Å². The number of aryl methyl sites for hydroxylation is 2. The highest BCUT2D eigenvalue weighted by Crippen LogP contribution is 2.19. The number of hydrogen-bond donors (Lipinski definition) is 1. The van der Waals surface area contributed by atoms with E-state index in [0.29, 0.717) is 5.56 Å². The van der Waals surface area contributed by atoms with Gasteiger partial charge in [-0.1, -0.05) is 12.1 Å². The summed E-state index contributed by atoms with van der Waals surface area (Å²) in [4.78, 5) is 17.4. The molecule has 0 bridgehead atoms. The molecule has 0 radical (unpaired) electrons. The summed E-state index contributed by atoms with van der Waals surface area (Å²) in [6.07, 6.45) is 0. The van der Waals surface area contributed by atoms with Crippen LogP contribution in [-0.2, 0) is 6.54 Å². The van der Waals surface area contributed by atoms with Crippen LogP contribution in [0.25, 0.3) is 0 Å². The fraction of sp³-hybridized carbons (Fsp3) is 0.381. The molecule has 4 nitrogen and oxygen atoms in total. The first-order valence-electron chi connectivity index (χ1n) is 9.00. The Morgan fingerprint density at radius 2 is 1.77 bits per heavy atom. The Kier molecular flexibility index (Phi) is 6.32. The summed E-state index contributed by atoms with van der Waals surface area (Å²) in [5, 5.41) is 3.00. The van der Waals surface area contributed by atoms with E-state index in [9.17, 15) is 4.79 Å². The number of carbonyl (C=O) groups is 1. The second kappa shape index (κ2) is 8.50. The lowest BCUT2D eigenvalue weighted by molar-refractivity contribution is 0.102. The Morgan fingerprint density at radius 3 is 2.42 bits per heavy atom. The van der Waals surface area contributed by atoms with E-state index in [0.717, 1.165) is 42.0 Å². The van der Waals surface area contributed by atoms with Crippen LogP contribution in [0.3, 0.4) is 0 Å². The molecule has 1 aliphatic heterocycles. The largest absolute Gasteiger partial charge is 0.322 e. The van der Waals surface area contributed by atoms with Gasteiger partial charge in [-0.05, 0) is 84.4 Å². The molecule has 0 aliphatic carbocycles. The van der Waals surface area contributed by atoms with Gasteiger partial charge in [0.05, 0.1) is 0 Å². The van der Waals surface area contributed by atoms with Crippen molar-refractivity contribution < 1.29 is 4.79 Å². The molecule has 0 atom stereocenters. The van der Waals surface area contributed by atoms with Gasteiger partial charge in [0.15, 0.2) is 0 Å². The Bertz CT molecular complexity index is 798. The predicted molar refractivity (Wildman–Crippen MR) is 116 cm³/mol. The number of nitrogens with one attached hydrogen (secondary N) is 1. The molecule has 1 aliphatic rings. The van der Waals surface area contributed by atoms with Crippen LogP contribution in [0.5, 0.6) is 0 Å². The van der Waals surface area contributed by atoms with E-state index in [1.165, 1.54) is 16.7 Å². The van der Waals surface area contributed by atoms with Crippen molar-refractivity contribution in [3.63, 3.8) is 0 Å². The summed E-state index contributed by atoms with van der Waals surface area (Å²) in [6, 6.07) is 12.0. The first kappa shape index (κ1) is 19.3. The van der Waals surface area contributed by atoms with Crippen molar-refractivity contribution in [2.75, 3.05) is 38.5 Å². The smallest absolute Gasteiger partial charge is 0.255 e. The van der Waals surface area contributed by atoms with Gasteiger partial charge < -0.3 is 10.2 Å². The van der Waals surface area contributed by atoms with E-state index in [-0.39, 0.29) is 5.91 Å². The highest BCUT2D eigenvalue weighted by molar-refractivity contribution is 14.1. The number of carbonyl (C=O) groups excluding carboxylic acids is 1. The van der Waals surface area contributed by atoms with Crippen molar-refractivity contribution in [1.82, 2.24) is 9.80 Å². The first-order valence-corrected chi connectivity index (χ1v) is 10.1. The number of hydrogen-bond acceptors (Lipinski definition) is 3.